The third kappa shape index (κ3) is 3.16. The summed E-state index contributed by atoms with van der Waals surface area (Å²) in [4.78, 5) is 16.3. The lowest BCUT2D eigenvalue weighted by molar-refractivity contribution is -0.120. The van der Waals surface area contributed by atoms with Gasteiger partial charge in [0.05, 0.1) is 0 Å². The summed E-state index contributed by atoms with van der Waals surface area (Å²) in [6, 6.07) is 6.23. The molecule has 1 amide bonds. The van der Waals surface area contributed by atoms with E-state index in [1.807, 2.05) is 0 Å². The molecule has 1 aliphatic rings. The highest BCUT2D eigenvalue weighted by Crippen LogP contribution is 2.34. The van der Waals surface area contributed by atoms with Crippen LogP contribution in [0.2, 0.25) is 0 Å². The average Bonchev–Trinajstić information content (AvgIpc) is 3.10. The first-order chi connectivity index (χ1) is 9.72. The normalized spacial score (nSPS) is 15.8. The molecule has 20 heavy (non-hydrogen) atoms. The molecular formula is C13H13FN4OS. The Bertz CT molecular complexity index is 583. The van der Waals surface area contributed by atoms with Gasteiger partial charge in [0.2, 0.25) is 5.91 Å². The first kappa shape index (κ1) is 13.1. The molecule has 3 rings (SSSR count). The minimum Gasteiger partial charge on any atom is -0.352 e. The van der Waals surface area contributed by atoms with E-state index in [2.05, 4.69) is 20.5 Å². The van der Waals surface area contributed by atoms with Crippen LogP contribution in [-0.2, 0) is 4.79 Å². The summed E-state index contributed by atoms with van der Waals surface area (Å²) in [6.07, 6.45) is 3.44. The van der Waals surface area contributed by atoms with E-state index in [-0.39, 0.29) is 17.8 Å². The molecule has 0 radical (unpaired) electrons. The van der Waals surface area contributed by atoms with E-state index < -0.39 is 5.25 Å². The number of nitrogens with one attached hydrogen (secondary N) is 2. The largest absolute Gasteiger partial charge is 0.352 e. The third-order valence-corrected chi connectivity index (χ3v) is 4.10. The summed E-state index contributed by atoms with van der Waals surface area (Å²) in [5.41, 5.74) is 0.742. The van der Waals surface area contributed by atoms with Crippen molar-refractivity contribution in [2.45, 2.75) is 29.3 Å². The second kappa shape index (κ2) is 5.62. The van der Waals surface area contributed by atoms with Crippen LogP contribution in [0.3, 0.4) is 0 Å². The first-order valence-electron chi connectivity index (χ1n) is 6.30. The van der Waals surface area contributed by atoms with Crippen molar-refractivity contribution >= 4 is 17.7 Å². The van der Waals surface area contributed by atoms with Crippen LogP contribution in [0.5, 0.6) is 0 Å². The number of thioether (sulfide) groups is 1. The van der Waals surface area contributed by atoms with Crippen LogP contribution in [0.1, 0.15) is 23.7 Å². The molecule has 104 valence electrons. The quantitative estimate of drug-likeness (QED) is 0.828. The molecular weight excluding hydrogens is 279 g/mol. The smallest absolute Gasteiger partial charge is 0.238 e. The van der Waals surface area contributed by atoms with Gasteiger partial charge < -0.3 is 5.32 Å². The maximum Gasteiger partial charge on any atom is 0.238 e. The number of nitrogens with zero attached hydrogens (tertiary/aromatic N) is 2. The Morgan fingerprint density at radius 3 is 2.75 bits per heavy atom. The zero-order chi connectivity index (χ0) is 13.9. The number of carbonyl (C=O) groups excluding carboxylic acids is 1. The Morgan fingerprint density at radius 2 is 2.15 bits per heavy atom. The second-order valence-corrected chi connectivity index (χ2v) is 5.72. The van der Waals surface area contributed by atoms with Gasteiger partial charge >= 0.3 is 0 Å². The van der Waals surface area contributed by atoms with Crippen molar-refractivity contribution in [1.82, 2.24) is 20.5 Å². The van der Waals surface area contributed by atoms with Crippen LogP contribution in [0.25, 0.3) is 0 Å². The molecule has 1 fully saturated rings. The van der Waals surface area contributed by atoms with Gasteiger partial charge in [-0.2, -0.15) is 5.10 Å². The number of H-pyrrole nitrogens is 1. The van der Waals surface area contributed by atoms with E-state index in [1.54, 1.807) is 12.1 Å². The van der Waals surface area contributed by atoms with E-state index in [1.165, 1.54) is 30.2 Å². The zero-order valence-corrected chi connectivity index (χ0v) is 11.4. The lowest BCUT2D eigenvalue weighted by Crippen LogP contribution is -2.29. The number of halogens is 1. The summed E-state index contributed by atoms with van der Waals surface area (Å²) in [6.45, 7) is 0. The third-order valence-electron chi connectivity index (χ3n) is 2.96. The molecule has 2 N–H and O–H groups in total. The number of carbonyl (C=O) groups is 1. The molecule has 1 unspecified atom stereocenters. The van der Waals surface area contributed by atoms with Crippen molar-refractivity contribution in [2.75, 3.05) is 0 Å². The Balaban J connectivity index is 1.81. The number of benzene rings is 1. The first-order valence-corrected chi connectivity index (χ1v) is 7.18. The summed E-state index contributed by atoms with van der Waals surface area (Å²) in [5, 5.41) is 9.54. The van der Waals surface area contributed by atoms with Gasteiger partial charge in [0.25, 0.3) is 0 Å². The van der Waals surface area contributed by atoms with Gasteiger partial charge in [-0.25, -0.2) is 9.37 Å². The van der Waals surface area contributed by atoms with Crippen molar-refractivity contribution in [3.05, 3.63) is 42.0 Å². The highest BCUT2D eigenvalue weighted by molar-refractivity contribution is 8.00. The molecule has 0 saturated heterocycles. The Morgan fingerprint density at radius 1 is 1.40 bits per heavy atom. The molecule has 1 aromatic heterocycles. The van der Waals surface area contributed by atoms with Crippen LogP contribution < -0.4 is 5.32 Å². The summed E-state index contributed by atoms with van der Waals surface area (Å²) < 4.78 is 13.0. The Labute approximate surface area is 119 Å². The van der Waals surface area contributed by atoms with Gasteiger partial charge in [0.15, 0.2) is 5.16 Å². The number of amides is 1. The van der Waals surface area contributed by atoms with E-state index in [0.717, 1.165) is 18.4 Å². The Hall–Kier alpha value is -1.89. The number of aromatic amines is 1. The average molecular weight is 292 g/mol. The molecule has 0 aliphatic heterocycles. The topological polar surface area (TPSA) is 70.7 Å². The monoisotopic (exact) mass is 292 g/mol. The molecule has 0 bridgehead atoms. The van der Waals surface area contributed by atoms with E-state index in [9.17, 15) is 9.18 Å². The van der Waals surface area contributed by atoms with Crippen molar-refractivity contribution in [3.8, 4) is 0 Å². The molecule has 5 nitrogen and oxygen atoms in total. The number of hydrogen-bond donors (Lipinski definition) is 2. The molecule has 1 saturated carbocycles. The fourth-order valence-corrected chi connectivity index (χ4v) is 2.68. The fraction of sp³-hybridized carbons (Fsp3) is 0.308. The summed E-state index contributed by atoms with van der Waals surface area (Å²) in [7, 11) is 0. The van der Waals surface area contributed by atoms with Crippen molar-refractivity contribution in [3.63, 3.8) is 0 Å². The molecule has 7 heteroatoms. The predicted molar refractivity (Wildman–Crippen MR) is 72.5 cm³/mol. The van der Waals surface area contributed by atoms with E-state index in [0.29, 0.717) is 5.16 Å². The van der Waals surface area contributed by atoms with Crippen LogP contribution >= 0.6 is 11.8 Å². The highest BCUT2D eigenvalue weighted by atomic mass is 32.2. The molecule has 0 spiro atoms. The van der Waals surface area contributed by atoms with Gasteiger partial charge in [-0.1, -0.05) is 23.9 Å². The van der Waals surface area contributed by atoms with Crippen LogP contribution in [0, 0.1) is 5.82 Å². The van der Waals surface area contributed by atoms with Gasteiger partial charge in [0, 0.05) is 6.04 Å². The second-order valence-electron chi connectivity index (χ2n) is 4.62. The maximum atomic E-state index is 13.0. The fourth-order valence-electron chi connectivity index (χ4n) is 1.78. The lowest BCUT2D eigenvalue weighted by atomic mass is 10.1. The van der Waals surface area contributed by atoms with Crippen LogP contribution in [-0.4, -0.2) is 27.1 Å². The predicted octanol–water partition coefficient (Wildman–Crippen LogP) is 2.06. The van der Waals surface area contributed by atoms with Gasteiger partial charge in [-0.3, -0.25) is 9.89 Å². The minimum atomic E-state index is -0.468. The minimum absolute atomic E-state index is 0.0829. The van der Waals surface area contributed by atoms with Gasteiger partial charge in [-0.15, -0.1) is 0 Å². The molecule has 1 aliphatic carbocycles. The van der Waals surface area contributed by atoms with E-state index in [4.69, 9.17) is 0 Å². The number of aromatic nitrogens is 3. The van der Waals surface area contributed by atoms with Crippen LogP contribution in [0.15, 0.2) is 35.7 Å². The SMILES string of the molecule is O=C(NC1CC1)C(Sc1ncn[nH]1)c1ccc(F)cc1. The van der Waals surface area contributed by atoms with Gasteiger partial charge in [0.1, 0.15) is 17.4 Å². The molecule has 1 atom stereocenters. The van der Waals surface area contributed by atoms with Gasteiger partial charge in [-0.05, 0) is 30.5 Å². The molecule has 2 aromatic rings. The van der Waals surface area contributed by atoms with Crippen LogP contribution in [0.4, 0.5) is 4.39 Å². The number of hydrogen-bond acceptors (Lipinski definition) is 4. The highest BCUT2D eigenvalue weighted by Gasteiger charge is 2.29. The van der Waals surface area contributed by atoms with Crippen molar-refractivity contribution in [1.29, 1.82) is 0 Å². The van der Waals surface area contributed by atoms with Crippen molar-refractivity contribution in [2.24, 2.45) is 0 Å². The summed E-state index contributed by atoms with van der Waals surface area (Å²) >= 11 is 1.27. The van der Waals surface area contributed by atoms with E-state index >= 15 is 0 Å². The summed E-state index contributed by atoms with van der Waals surface area (Å²) in [5.74, 6) is -0.403. The molecule has 1 aromatic carbocycles. The van der Waals surface area contributed by atoms with Crippen molar-refractivity contribution < 1.29 is 9.18 Å². The zero-order valence-electron chi connectivity index (χ0n) is 10.5. The Kier molecular flexibility index (Phi) is 3.68. The number of rotatable bonds is 5. The lowest BCUT2D eigenvalue weighted by Gasteiger charge is -2.15. The standard InChI is InChI=1S/C13H13FN4OS/c14-9-3-1-8(2-4-9)11(12(19)17-10-5-6-10)20-13-15-7-16-18-13/h1-4,7,10-11H,5-6H2,(H,17,19)(H,15,16,18). The molecule has 1 heterocycles. The maximum absolute atomic E-state index is 13.0.